The molecule has 1 saturated heterocycles. The monoisotopic (exact) mass is 311 g/mol. The van der Waals surface area contributed by atoms with Crippen molar-refractivity contribution in [2.45, 2.75) is 45.1 Å². The van der Waals surface area contributed by atoms with Crippen LogP contribution in [0.1, 0.15) is 39.2 Å². The third kappa shape index (κ3) is 3.48. The molecule has 0 amide bonds. The summed E-state index contributed by atoms with van der Waals surface area (Å²) in [4.78, 5) is 0. The standard InChI is InChI=1S/C15H22BrNO/c1-15(2,3)11-6-7-14(13(16)9-11)18-12-5-4-8-17-10-12/h6-7,9,12,17H,4-5,8,10H2,1-3H3/t12-/m1/s1. The minimum atomic E-state index is 0.174. The Morgan fingerprint density at radius 3 is 2.67 bits per heavy atom. The molecular formula is C15H22BrNO. The maximum Gasteiger partial charge on any atom is 0.133 e. The second kappa shape index (κ2) is 5.62. The summed E-state index contributed by atoms with van der Waals surface area (Å²) < 4.78 is 7.10. The Kier molecular flexibility index (Phi) is 4.33. The quantitative estimate of drug-likeness (QED) is 0.895. The van der Waals surface area contributed by atoms with Crippen LogP contribution in [0.4, 0.5) is 0 Å². The largest absolute Gasteiger partial charge is 0.488 e. The Morgan fingerprint density at radius 1 is 1.33 bits per heavy atom. The van der Waals surface area contributed by atoms with E-state index in [1.165, 1.54) is 12.0 Å². The van der Waals surface area contributed by atoms with Gasteiger partial charge in [-0.2, -0.15) is 0 Å². The van der Waals surface area contributed by atoms with E-state index in [2.05, 4.69) is 60.2 Å². The van der Waals surface area contributed by atoms with Crippen molar-refractivity contribution in [3.05, 3.63) is 28.2 Å². The molecule has 0 aromatic heterocycles. The van der Waals surface area contributed by atoms with Crippen LogP contribution in [-0.4, -0.2) is 19.2 Å². The van der Waals surface area contributed by atoms with Gasteiger partial charge in [-0.15, -0.1) is 0 Å². The third-order valence-electron chi connectivity index (χ3n) is 3.34. The Bertz CT molecular complexity index is 405. The Morgan fingerprint density at radius 2 is 2.11 bits per heavy atom. The second-order valence-electron chi connectivity index (χ2n) is 5.98. The lowest BCUT2D eigenvalue weighted by molar-refractivity contribution is 0.166. The molecular weight excluding hydrogens is 290 g/mol. The average Bonchev–Trinajstić information content (AvgIpc) is 2.32. The normalized spacial score (nSPS) is 20.8. The van der Waals surface area contributed by atoms with Crippen molar-refractivity contribution >= 4 is 15.9 Å². The van der Waals surface area contributed by atoms with Gasteiger partial charge in [-0.1, -0.05) is 26.8 Å². The Labute approximate surface area is 118 Å². The minimum absolute atomic E-state index is 0.174. The van der Waals surface area contributed by atoms with Gasteiger partial charge >= 0.3 is 0 Å². The van der Waals surface area contributed by atoms with E-state index in [0.717, 1.165) is 29.7 Å². The average molecular weight is 312 g/mol. The van der Waals surface area contributed by atoms with Crippen molar-refractivity contribution in [3.8, 4) is 5.75 Å². The van der Waals surface area contributed by atoms with Crippen LogP contribution in [0, 0.1) is 0 Å². The fraction of sp³-hybridized carbons (Fsp3) is 0.600. The van der Waals surface area contributed by atoms with E-state index in [1.54, 1.807) is 0 Å². The van der Waals surface area contributed by atoms with Gasteiger partial charge in [0.25, 0.3) is 0 Å². The predicted octanol–water partition coefficient (Wildman–Crippen LogP) is 3.88. The summed E-state index contributed by atoms with van der Waals surface area (Å²) in [5.41, 5.74) is 1.50. The molecule has 0 unspecified atom stereocenters. The van der Waals surface area contributed by atoms with Gasteiger partial charge < -0.3 is 10.1 Å². The lowest BCUT2D eigenvalue weighted by Crippen LogP contribution is -2.37. The lowest BCUT2D eigenvalue weighted by atomic mass is 9.87. The molecule has 1 aromatic rings. The van der Waals surface area contributed by atoms with E-state index < -0.39 is 0 Å². The number of benzene rings is 1. The summed E-state index contributed by atoms with van der Waals surface area (Å²) in [6.07, 6.45) is 2.64. The fourth-order valence-corrected chi connectivity index (χ4v) is 2.64. The number of hydrogen-bond donors (Lipinski definition) is 1. The summed E-state index contributed by atoms with van der Waals surface area (Å²) in [7, 11) is 0. The number of rotatable bonds is 2. The number of hydrogen-bond acceptors (Lipinski definition) is 2. The van der Waals surface area contributed by atoms with Crippen LogP contribution >= 0.6 is 15.9 Å². The van der Waals surface area contributed by atoms with Gasteiger partial charge in [0.15, 0.2) is 0 Å². The van der Waals surface area contributed by atoms with E-state index in [1.807, 2.05) is 0 Å². The van der Waals surface area contributed by atoms with Crippen molar-refractivity contribution in [1.29, 1.82) is 0 Å². The summed E-state index contributed by atoms with van der Waals surface area (Å²) in [6, 6.07) is 6.42. The first kappa shape index (κ1) is 13.9. The van der Waals surface area contributed by atoms with Gasteiger partial charge in [0.05, 0.1) is 4.47 Å². The number of piperidine rings is 1. The molecule has 100 valence electrons. The van der Waals surface area contributed by atoms with Crippen LogP contribution in [-0.2, 0) is 5.41 Å². The van der Waals surface area contributed by atoms with Crippen LogP contribution in [0.15, 0.2) is 22.7 Å². The van der Waals surface area contributed by atoms with Crippen molar-refractivity contribution in [3.63, 3.8) is 0 Å². The van der Waals surface area contributed by atoms with E-state index in [-0.39, 0.29) is 5.41 Å². The zero-order chi connectivity index (χ0) is 13.2. The smallest absolute Gasteiger partial charge is 0.133 e. The van der Waals surface area contributed by atoms with Crippen LogP contribution in [0.2, 0.25) is 0 Å². The molecule has 1 N–H and O–H groups in total. The highest BCUT2D eigenvalue weighted by molar-refractivity contribution is 9.10. The topological polar surface area (TPSA) is 21.3 Å². The Hall–Kier alpha value is -0.540. The Balaban J connectivity index is 2.09. The third-order valence-corrected chi connectivity index (χ3v) is 3.96. The van der Waals surface area contributed by atoms with Gasteiger partial charge in [0, 0.05) is 6.54 Å². The van der Waals surface area contributed by atoms with E-state index in [0.29, 0.717) is 6.10 Å². The molecule has 2 nitrogen and oxygen atoms in total. The molecule has 1 fully saturated rings. The molecule has 2 rings (SSSR count). The first-order valence-corrected chi connectivity index (χ1v) is 7.43. The molecule has 1 aliphatic heterocycles. The summed E-state index contributed by atoms with van der Waals surface area (Å²) in [5.74, 6) is 0.955. The number of nitrogens with one attached hydrogen (secondary N) is 1. The molecule has 0 bridgehead atoms. The van der Waals surface area contributed by atoms with Crippen LogP contribution in [0.3, 0.4) is 0 Å². The van der Waals surface area contributed by atoms with Crippen molar-refractivity contribution in [1.82, 2.24) is 5.32 Å². The predicted molar refractivity (Wildman–Crippen MR) is 79.4 cm³/mol. The van der Waals surface area contributed by atoms with E-state index in [9.17, 15) is 0 Å². The van der Waals surface area contributed by atoms with Crippen molar-refractivity contribution in [2.24, 2.45) is 0 Å². The van der Waals surface area contributed by atoms with Crippen molar-refractivity contribution in [2.75, 3.05) is 13.1 Å². The minimum Gasteiger partial charge on any atom is -0.488 e. The first-order valence-electron chi connectivity index (χ1n) is 6.64. The maximum absolute atomic E-state index is 6.04. The van der Waals surface area contributed by atoms with Crippen LogP contribution in [0.5, 0.6) is 5.75 Å². The molecule has 0 aliphatic carbocycles. The summed E-state index contributed by atoms with van der Waals surface area (Å²) in [5, 5.41) is 3.37. The van der Waals surface area contributed by atoms with Gasteiger partial charge in [0.2, 0.25) is 0 Å². The zero-order valence-corrected chi connectivity index (χ0v) is 13.0. The van der Waals surface area contributed by atoms with Gasteiger partial charge in [-0.3, -0.25) is 0 Å². The van der Waals surface area contributed by atoms with Gasteiger partial charge in [-0.05, 0) is 58.4 Å². The summed E-state index contributed by atoms with van der Waals surface area (Å²) in [6.45, 7) is 8.73. The number of halogens is 1. The molecule has 0 spiro atoms. The van der Waals surface area contributed by atoms with Crippen LogP contribution < -0.4 is 10.1 Å². The molecule has 0 radical (unpaired) electrons. The lowest BCUT2D eigenvalue weighted by Gasteiger charge is -2.25. The molecule has 18 heavy (non-hydrogen) atoms. The second-order valence-corrected chi connectivity index (χ2v) is 6.84. The maximum atomic E-state index is 6.04. The highest BCUT2D eigenvalue weighted by Crippen LogP contribution is 2.32. The van der Waals surface area contributed by atoms with Crippen molar-refractivity contribution < 1.29 is 4.74 Å². The van der Waals surface area contributed by atoms with Crippen LogP contribution in [0.25, 0.3) is 0 Å². The highest BCUT2D eigenvalue weighted by Gasteiger charge is 2.18. The molecule has 1 heterocycles. The summed E-state index contributed by atoms with van der Waals surface area (Å²) >= 11 is 3.62. The van der Waals surface area contributed by atoms with E-state index >= 15 is 0 Å². The van der Waals surface area contributed by atoms with Gasteiger partial charge in [-0.25, -0.2) is 0 Å². The zero-order valence-electron chi connectivity index (χ0n) is 11.4. The highest BCUT2D eigenvalue weighted by atomic mass is 79.9. The number of ether oxygens (including phenoxy) is 1. The van der Waals surface area contributed by atoms with E-state index in [4.69, 9.17) is 4.74 Å². The van der Waals surface area contributed by atoms with Gasteiger partial charge in [0.1, 0.15) is 11.9 Å². The molecule has 3 heteroatoms. The fourth-order valence-electron chi connectivity index (χ4n) is 2.16. The molecule has 0 saturated carbocycles. The first-order chi connectivity index (χ1) is 8.47. The molecule has 1 atom stereocenters. The molecule has 1 aliphatic rings. The molecule has 1 aromatic carbocycles. The SMILES string of the molecule is CC(C)(C)c1ccc(O[C@@H]2CCCNC2)c(Br)c1.